The Balaban J connectivity index is 1.98. The van der Waals surface area contributed by atoms with E-state index in [0.717, 1.165) is 30.3 Å². The van der Waals surface area contributed by atoms with E-state index in [1.807, 2.05) is 0 Å². The van der Waals surface area contributed by atoms with Crippen molar-refractivity contribution in [3.05, 3.63) is 70.8 Å². The molecule has 0 radical (unpaired) electrons. The van der Waals surface area contributed by atoms with E-state index >= 15 is 0 Å². The van der Waals surface area contributed by atoms with Gasteiger partial charge in [-0.1, -0.05) is 6.07 Å². The summed E-state index contributed by atoms with van der Waals surface area (Å²) < 4.78 is 53.2. The topological polar surface area (TPSA) is 32.3 Å². The lowest BCUT2D eigenvalue weighted by molar-refractivity contribution is 0.164. The molecule has 0 bridgehead atoms. The smallest absolute Gasteiger partial charge is 0.131 e. The fourth-order valence-electron chi connectivity index (χ4n) is 1.95. The average molecular weight is 299 g/mol. The van der Waals surface area contributed by atoms with E-state index in [4.69, 9.17) is 0 Å². The lowest BCUT2D eigenvalue weighted by atomic mass is 10.1. The van der Waals surface area contributed by atoms with E-state index in [9.17, 15) is 22.7 Å². The summed E-state index contributed by atoms with van der Waals surface area (Å²) in [6, 6.07) is 6.25. The maximum absolute atomic E-state index is 13.4. The molecule has 2 nitrogen and oxygen atoms in total. The summed E-state index contributed by atoms with van der Waals surface area (Å²) in [7, 11) is 0. The zero-order chi connectivity index (χ0) is 15.4. The van der Waals surface area contributed by atoms with Gasteiger partial charge in [-0.15, -0.1) is 0 Å². The van der Waals surface area contributed by atoms with Gasteiger partial charge in [-0.25, -0.2) is 17.6 Å². The first-order valence-corrected chi connectivity index (χ1v) is 6.25. The highest BCUT2D eigenvalue weighted by atomic mass is 19.1. The third kappa shape index (κ3) is 3.80. The summed E-state index contributed by atoms with van der Waals surface area (Å²) >= 11 is 0. The number of rotatable bonds is 5. The normalized spacial score (nSPS) is 12.4. The summed E-state index contributed by atoms with van der Waals surface area (Å²) in [5, 5.41) is 12.4. The lowest BCUT2D eigenvalue weighted by Crippen LogP contribution is -2.23. The van der Waals surface area contributed by atoms with Crippen molar-refractivity contribution in [2.24, 2.45) is 0 Å². The highest BCUT2D eigenvalue weighted by Gasteiger charge is 2.17. The van der Waals surface area contributed by atoms with E-state index < -0.39 is 34.9 Å². The van der Waals surface area contributed by atoms with E-state index in [1.54, 1.807) is 0 Å². The molecule has 0 aliphatic rings. The number of hydrogen-bond donors (Lipinski definition) is 2. The highest BCUT2D eigenvalue weighted by molar-refractivity contribution is 5.22. The molecule has 1 atom stereocenters. The number of aliphatic hydroxyl groups is 1. The van der Waals surface area contributed by atoms with E-state index in [-0.39, 0.29) is 18.7 Å². The molecule has 112 valence electrons. The third-order valence-corrected chi connectivity index (χ3v) is 2.99. The van der Waals surface area contributed by atoms with Gasteiger partial charge in [0.05, 0.1) is 11.7 Å². The molecule has 21 heavy (non-hydrogen) atoms. The van der Waals surface area contributed by atoms with Gasteiger partial charge in [0.1, 0.15) is 23.3 Å². The van der Waals surface area contributed by atoms with E-state index in [0.29, 0.717) is 0 Å². The van der Waals surface area contributed by atoms with Crippen molar-refractivity contribution in [3.63, 3.8) is 0 Å². The minimum atomic E-state index is -1.43. The first-order valence-electron chi connectivity index (χ1n) is 6.25. The Morgan fingerprint density at radius 3 is 2.29 bits per heavy atom. The number of aliphatic hydroxyl groups excluding tert-OH is 1. The van der Waals surface area contributed by atoms with Crippen molar-refractivity contribution in [1.82, 2.24) is 5.32 Å². The number of hydrogen-bond acceptors (Lipinski definition) is 2. The van der Waals surface area contributed by atoms with Crippen LogP contribution < -0.4 is 5.32 Å². The van der Waals surface area contributed by atoms with Crippen LogP contribution in [-0.4, -0.2) is 11.7 Å². The molecule has 0 aliphatic carbocycles. The van der Waals surface area contributed by atoms with Crippen LogP contribution in [0.15, 0.2) is 36.4 Å². The van der Waals surface area contributed by atoms with Gasteiger partial charge in [0, 0.05) is 18.7 Å². The molecule has 0 spiro atoms. The van der Waals surface area contributed by atoms with Gasteiger partial charge < -0.3 is 10.4 Å². The molecule has 0 amide bonds. The van der Waals surface area contributed by atoms with Gasteiger partial charge in [-0.05, 0) is 30.3 Å². The molecule has 0 heterocycles. The Morgan fingerprint density at radius 1 is 0.952 bits per heavy atom. The number of halogens is 4. The fourth-order valence-corrected chi connectivity index (χ4v) is 1.95. The van der Waals surface area contributed by atoms with Crippen LogP contribution in [0.3, 0.4) is 0 Å². The number of nitrogens with one attached hydrogen (secondary N) is 1. The zero-order valence-electron chi connectivity index (χ0n) is 10.9. The highest BCUT2D eigenvalue weighted by Crippen LogP contribution is 2.20. The Morgan fingerprint density at radius 2 is 1.62 bits per heavy atom. The van der Waals surface area contributed by atoms with Crippen LogP contribution >= 0.6 is 0 Å². The second-order valence-electron chi connectivity index (χ2n) is 4.52. The third-order valence-electron chi connectivity index (χ3n) is 2.99. The van der Waals surface area contributed by atoms with Gasteiger partial charge in [-0.2, -0.15) is 0 Å². The predicted molar refractivity (Wildman–Crippen MR) is 69.4 cm³/mol. The molecule has 2 N–H and O–H groups in total. The predicted octanol–water partition coefficient (Wildman–Crippen LogP) is 3.07. The fraction of sp³-hybridized carbons (Fsp3) is 0.200. The maximum Gasteiger partial charge on any atom is 0.131 e. The average Bonchev–Trinajstić information content (AvgIpc) is 2.42. The van der Waals surface area contributed by atoms with Crippen LogP contribution in [-0.2, 0) is 6.54 Å². The molecule has 2 aromatic carbocycles. The molecule has 0 aliphatic heterocycles. The van der Waals surface area contributed by atoms with Crippen LogP contribution in [0.1, 0.15) is 17.2 Å². The second kappa shape index (κ2) is 6.69. The SMILES string of the molecule is OC(CNCc1cc(F)ccc1F)c1c(F)cccc1F. The molecule has 0 saturated heterocycles. The maximum atomic E-state index is 13.4. The molecule has 1 unspecified atom stereocenters. The van der Waals surface area contributed by atoms with Crippen molar-refractivity contribution >= 4 is 0 Å². The quantitative estimate of drug-likeness (QED) is 0.832. The first kappa shape index (κ1) is 15.5. The van der Waals surface area contributed by atoms with Crippen LogP contribution in [0.2, 0.25) is 0 Å². The Bertz CT molecular complexity index is 613. The van der Waals surface area contributed by atoms with E-state index in [1.165, 1.54) is 6.07 Å². The molecule has 0 saturated carbocycles. The van der Waals surface area contributed by atoms with Crippen LogP contribution in [0.4, 0.5) is 17.6 Å². The molecule has 0 fully saturated rings. The largest absolute Gasteiger partial charge is 0.387 e. The van der Waals surface area contributed by atoms with Crippen molar-refractivity contribution in [3.8, 4) is 0 Å². The second-order valence-corrected chi connectivity index (χ2v) is 4.52. The molecular weight excluding hydrogens is 286 g/mol. The molecular formula is C15H13F4NO. The summed E-state index contributed by atoms with van der Waals surface area (Å²) in [5.41, 5.74) is -0.388. The minimum Gasteiger partial charge on any atom is -0.387 e. The minimum absolute atomic E-state index is 0.0659. The van der Waals surface area contributed by atoms with Crippen molar-refractivity contribution in [2.45, 2.75) is 12.6 Å². The molecule has 6 heteroatoms. The summed E-state index contributed by atoms with van der Waals surface area (Å²) in [4.78, 5) is 0. The number of benzene rings is 2. The summed E-state index contributed by atoms with van der Waals surface area (Å²) in [6.07, 6.45) is -1.43. The van der Waals surface area contributed by atoms with Gasteiger partial charge in [-0.3, -0.25) is 0 Å². The monoisotopic (exact) mass is 299 g/mol. The standard InChI is InChI=1S/C15H13F4NO/c16-10-4-5-11(17)9(6-10)7-20-8-14(21)15-12(18)2-1-3-13(15)19/h1-6,14,20-21H,7-8H2. The van der Waals surface area contributed by atoms with Gasteiger partial charge in [0.15, 0.2) is 0 Å². The van der Waals surface area contributed by atoms with Crippen LogP contribution in [0.5, 0.6) is 0 Å². The molecule has 0 aromatic heterocycles. The molecule has 2 rings (SSSR count). The van der Waals surface area contributed by atoms with Gasteiger partial charge >= 0.3 is 0 Å². The molecule has 2 aromatic rings. The van der Waals surface area contributed by atoms with Crippen molar-refractivity contribution < 1.29 is 22.7 Å². The Hall–Kier alpha value is -1.92. The zero-order valence-corrected chi connectivity index (χ0v) is 10.9. The van der Waals surface area contributed by atoms with E-state index in [2.05, 4.69) is 5.32 Å². The van der Waals surface area contributed by atoms with Gasteiger partial charge in [0.2, 0.25) is 0 Å². The Kier molecular flexibility index (Phi) is 4.93. The van der Waals surface area contributed by atoms with Crippen molar-refractivity contribution in [2.75, 3.05) is 6.54 Å². The van der Waals surface area contributed by atoms with Crippen molar-refractivity contribution in [1.29, 1.82) is 0 Å². The summed E-state index contributed by atoms with van der Waals surface area (Å²) in [5.74, 6) is -2.91. The first-order chi connectivity index (χ1) is 9.99. The van der Waals surface area contributed by atoms with Crippen LogP contribution in [0.25, 0.3) is 0 Å². The van der Waals surface area contributed by atoms with Gasteiger partial charge in [0.25, 0.3) is 0 Å². The van der Waals surface area contributed by atoms with Crippen LogP contribution in [0, 0.1) is 23.3 Å². The lowest BCUT2D eigenvalue weighted by Gasteiger charge is -2.14. The summed E-state index contributed by atoms with van der Waals surface area (Å²) in [6.45, 7) is -0.273. The Labute approximate surface area is 119 Å².